The first-order valence-electron chi connectivity index (χ1n) is 6.20. The summed E-state index contributed by atoms with van der Waals surface area (Å²) in [7, 11) is 0. The lowest BCUT2D eigenvalue weighted by Crippen LogP contribution is -2.14. The van der Waals surface area contributed by atoms with E-state index in [0.717, 1.165) is 6.07 Å². The molecule has 1 atom stereocenters. The highest BCUT2D eigenvalue weighted by atomic mass is 19.1. The topological polar surface area (TPSA) is 55.5 Å². The minimum atomic E-state index is -0.838. The van der Waals surface area contributed by atoms with Crippen LogP contribution in [-0.2, 0) is 0 Å². The van der Waals surface area contributed by atoms with E-state index in [9.17, 15) is 8.78 Å². The molecule has 0 saturated carbocycles. The first kappa shape index (κ1) is 14.4. The highest BCUT2D eigenvalue weighted by Gasteiger charge is 2.19. The number of para-hydroxylation sites is 1. The van der Waals surface area contributed by atoms with Gasteiger partial charge in [0.1, 0.15) is 5.75 Å². The molecule has 0 aromatic heterocycles. The summed E-state index contributed by atoms with van der Waals surface area (Å²) in [5.41, 5.74) is 5.86. The molecule has 1 unspecified atom stereocenters. The summed E-state index contributed by atoms with van der Waals surface area (Å²) in [5.74, 6) is -1.79. The van der Waals surface area contributed by atoms with Gasteiger partial charge in [0.15, 0.2) is 17.4 Å². The zero-order valence-electron chi connectivity index (χ0n) is 10.7. The van der Waals surface area contributed by atoms with Gasteiger partial charge in [-0.2, -0.15) is 0 Å². The Morgan fingerprint density at radius 1 is 1.10 bits per heavy atom. The Morgan fingerprint density at radius 3 is 2.45 bits per heavy atom. The molecule has 3 N–H and O–H groups in total. The van der Waals surface area contributed by atoms with Gasteiger partial charge in [-0.3, -0.25) is 0 Å². The van der Waals surface area contributed by atoms with Gasteiger partial charge in [0, 0.05) is 18.2 Å². The van der Waals surface area contributed by atoms with E-state index in [4.69, 9.17) is 15.6 Å². The van der Waals surface area contributed by atoms with Crippen molar-refractivity contribution in [3.05, 3.63) is 59.7 Å². The molecule has 0 bridgehead atoms. The largest absolute Gasteiger partial charge is 0.451 e. The predicted octanol–water partition coefficient (Wildman–Crippen LogP) is 3.14. The van der Waals surface area contributed by atoms with Crippen LogP contribution in [0.4, 0.5) is 8.78 Å². The van der Waals surface area contributed by atoms with E-state index < -0.39 is 23.4 Å². The zero-order valence-corrected chi connectivity index (χ0v) is 10.7. The molecule has 5 heteroatoms. The fourth-order valence-corrected chi connectivity index (χ4v) is 1.83. The van der Waals surface area contributed by atoms with E-state index in [1.807, 2.05) is 0 Å². The minimum absolute atomic E-state index is 0.117. The summed E-state index contributed by atoms with van der Waals surface area (Å²) < 4.78 is 33.2. The molecule has 2 rings (SSSR count). The van der Waals surface area contributed by atoms with Crippen molar-refractivity contribution in [3.63, 3.8) is 0 Å². The highest BCUT2D eigenvalue weighted by Crippen LogP contribution is 2.32. The first-order chi connectivity index (χ1) is 9.63. The lowest BCUT2D eigenvalue weighted by Gasteiger charge is -2.15. The molecule has 0 heterocycles. The van der Waals surface area contributed by atoms with Crippen LogP contribution in [0.3, 0.4) is 0 Å². The predicted molar refractivity (Wildman–Crippen MR) is 71.5 cm³/mol. The average molecular weight is 279 g/mol. The van der Waals surface area contributed by atoms with E-state index in [2.05, 4.69) is 0 Å². The van der Waals surface area contributed by atoms with Gasteiger partial charge < -0.3 is 15.6 Å². The molecule has 0 aliphatic heterocycles. The third kappa shape index (κ3) is 3.12. The number of ether oxygens (including phenoxy) is 1. The number of halogens is 2. The van der Waals surface area contributed by atoms with E-state index in [0.29, 0.717) is 5.75 Å². The van der Waals surface area contributed by atoms with E-state index in [-0.39, 0.29) is 18.6 Å². The minimum Gasteiger partial charge on any atom is -0.451 e. The van der Waals surface area contributed by atoms with E-state index in [1.54, 1.807) is 30.3 Å². The lowest BCUT2D eigenvalue weighted by atomic mass is 10.0. The van der Waals surface area contributed by atoms with Crippen molar-refractivity contribution in [2.24, 2.45) is 5.73 Å². The molecule has 0 fully saturated rings. The second-order valence-corrected chi connectivity index (χ2v) is 4.31. The van der Waals surface area contributed by atoms with Gasteiger partial charge in [0.05, 0.1) is 0 Å². The van der Waals surface area contributed by atoms with Crippen LogP contribution in [0.15, 0.2) is 42.5 Å². The van der Waals surface area contributed by atoms with Crippen molar-refractivity contribution in [2.75, 3.05) is 6.61 Å². The molecule has 2 aromatic rings. The molecule has 20 heavy (non-hydrogen) atoms. The van der Waals surface area contributed by atoms with Crippen LogP contribution in [0, 0.1) is 11.6 Å². The molecular formula is C15H15F2NO2. The summed E-state index contributed by atoms with van der Waals surface area (Å²) >= 11 is 0. The van der Waals surface area contributed by atoms with Gasteiger partial charge in [-0.1, -0.05) is 24.3 Å². The Balaban J connectivity index is 2.35. The second kappa shape index (κ2) is 6.45. The van der Waals surface area contributed by atoms with Crippen LogP contribution in [-0.4, -0.2) is 11.7 Å². The molecule has 0 aliphatic carbocycles. The van der Waals surface area contributed by atoms with Gasteiger partial charge in [0.2, 0.25) is 0 Å². The Labute approximate surface area is 115 Å². The molecule has 0 spiro atoms. The molecule has 106 valence electrons. The van der Waals surface area contributed by atoms with Crippen molar-refractivity contribution in [1.29, 1.82) is 0 Å². The van der Waals surface area contributed by atoms with Crippen LogP contribution < -0.4 is 10.5 Å². The zero-order chi connectivity index (χ0) is 14.5. The van der Waals surface area contributed by atoms with Crippen molar-refractivity contribution in [1.82, 2.24) is 0 Å². The molecule has 0 aliphatic rings. The van der Waals surface area contributed by atoms with Gasteiger partial charge in [-0.25, -0.2) is 8.78 Å². The van der Waals surface area contributed by atoms with Crippen LogP contribution in [0.1, 0.15) is 18.0 Å². The molecular weight excluding hydrogens is 264 g/mol. The Morgan fingerprint density at radius 2 is 1.80 bits per heavy atom. The Hall–Kier alpha value is -1.98. The SMILES string of the molecule is NC(CCO)c1ccc(F)c(Oc2ccccc2)c1F. The van der Waals surface area contributed by atoms with E-state index in [1.165, 1.54) is 6.07 Å². The third-order valence-electron chi connectivity index (χ3n) is 2.88. The summed E-state index contributed by atoms with van der Waals surface area (Å²) in [6, 6.07) is 10.0. The maximum Gasteiger partial charge on any atom is 0.198 e. The maximum atomic E-state index is 14.3. The van der Waals surface area contributed by atoms with Crippen molar-refractivity contribution < 1.29 is 18.6 Å². The monoisotopic (exact) mass is 279 g/mol. The van der Waals surface area contributed by atoms with E-state index >= 15 is 0 Å². The summed E-state index contributed by atoms with van der Waals surface area (Å²) in [6.45, 7) is -0.174. The van der Waals surface area contributed by atoms with Gasteiger partial charge in [0.25, 0.3) is 0 Å². The van der Waals surface area contributed by atoms with Crippen molar-refractivity contribution >= 4 is 0 Å². The van der Waals surface area contributed by atoms with Crippen LogP contribution in [0.2, 0.25) is 0 Å². The second-order valence-electron chi connectivity index (χ2n) is 4.31. The van der Waals surface area contributed by atoms with Crippen LogP contribution in [0.5, 0.6) is 11.5 Å². The maximum absolute atomic E-state index is 14.3. The Kier molecular flexibility index (Phi) is 4.65. The normalized spacial score (nSPS) is 12.2. The summed E-state index contributed by atoms with van der Waals surface area (Å²) in [6.07, 6.45) is 0.188. The number of benzene rings is 2. The van der Waals surface area contributed by atoms with Crippen molar-refractivity contribution in [3.8, 4) is 11.5 Å². The molecule has 0 amide bonds. The van der Waals surface area contributed by atoms with Crippen molar-refractivity contribution in [2.45, 2.75) is 12.5 Å². The number of hydrogen-bond acceptors (Lipinski definition) is 3. The summed E-state index contributed by atoms with van der Waals surface area (Å²) in [4.78, 5) is 0. The van der Waals surface area contributed by atoms with Gasteiger partial charge in [-0.05, 0) is 24.6 Å². The number of hydrogen-bond donors (Lipinski definition) is 2. The number of aliphatic hydroxyl groups is 1. The smallest absolute Gasteiger partial charge is 0.198 e. The first-order valence-corrected chi connectivity index (χ1v) is 6.20. The standard InChI is InChI=1S/C15H15F2NO2/c16-12-7-6-11(13(18)8-9-19)14(17)15(12)20-10-4-2-1-3-5-10/h1-7,13,19H,8-9,18H2. The molecule has 3 nitrogen and oxygen atoms in total. The number of aliphatic hydroxyl groups excluding tert-OH is 1. The summed E-state index contributed by atoms with van der Waals surface area (Å²) in [5, 5.41) is 8.84. The molecule has 2 aromatic carbocycles. The Bertz CT molecular complexity index is 576. The average Bonchev–Trinajstić information content (AvgIpc) is 2.45. The molecule has 0 radical (unpaired) electrons. The highest BCUT2D eigenvalue weighted by molar-refractivity contribution is 5.38. The third-order valence-corrected chi connectivity index (χ3v) is 2.88. The van der Waals surface area contributed by atoms with Gasteiger partial charge >= 0.3 is 0 Å². The quantitative estimate of drug-likeness (QED) is 0.884. The lowest BCUT2D eigenvalue weighted by molar-refractivity contribution is 0.275. The van der Waals surface area contributed by atoms with Gasteiger partial charge in [-0.15, -0.1) is 0 Å². The fraction of sp³-hybridized carbons (Fsp3) is 0.200. The number of rotatable bonds is 5. The fourth-order valence-electron chi connectivity index (χ4n) is 1.83. The van der Waals surface area contributed by atoms with Crippen LogP contribution >= 0.6 is 0 Å². The van der Waals surface area contributed by atoms with Crippen LogP contribution in [0.25, 0.3) is 0 Å². The molecule has 0 saturated heterocycles. The number of nitrogens with two attached hydrogens (primary N) is 1.